The maximum Gasteiger partial charge on any atom is 0.313 e. The second kappa shape index (κ2) is 10.4. The van der Waals surface area contributed by atoms with E-state index in [9.17, 15) is 9.59 Å². The number of ether oxygens (including phenoxy) is 2. The number of esters is 2. The highest BCUT2D eigenvalue weighted by Crippen LogP contribution is 2.68. The van der Waals surface area contributed by atoms with Crippen LogP contribution >= 0.6 is 0 Å². The molecule has 3 rings (SSSR count). The molecule has 0 aromatic carbocycles. The number of carbonyl (C=O) groups excluding carboxylic acids is 2. The molecular formula is C31H54O5Si. The Morgan fingerprint density at radius 2 is 1.68 bits per heavy atom. The quantitative estimate of drug-likeness (QED) is 0.190. The van der Waals surface area contributed by atoms with E-state index in [0.29, 0.717) is 17.3 Å². The predicted molar refractivity (Wildman–Crippen MR) is 152 cm³/mol. The number of hydrogen-bond donors (Lipinski definition) is 0. The zero-order chi connectivity index (χ0) is 28.0. The van der Waals surface area contributed by atoms with Crippen LogP contribution in [-0.4, -0.2) is 39.6 Å². The zero-order valence-electron chi connectivity index (χ0n) is 25.6. The Kier molecular flexibility index (Phi) is 8.58. The molecule has 0 bridgehead atoms. The van der Waals surface area contributed by atoms with Gasteiger partial charge in [-0.1, -0.05) is 66.5 Å². The summed E-state index contributed by atoms with van der Waals surface area (Å²) in [5, 5.41) is 0.0424. The van der Waals surface area contributed by atoms with Crippen molar-refractivity contribution in [3.8, 4) is 0 Å². The third-order valence-corrected chi connectivity index (χ3v) is 15.5. The van der Waals surface area contributed by atoms with E-state index in [1.54, 1.807) is 0 Å². The molecule has 5 nitrogen and oxygen atoms in total. The van der Waals surface area contributed by atoms with Crippen LogP contribution in [0.15, 0.2) is 11.6 Å². The summed E-state index contributed by atoms with van der Waals surface area (Å²) in [5.41, 5.74) is 1.59. The predicted octanol–water partition coefficient (Wildman–Crippen LogP) is 7.70. The average Bonchev–Trinajstić information content (AvgIpc) is 2.73. The van der Waals surface area contributed by atoms with Crippen molar-refractivity contribution in [2.45, 2.75) is 125 Å². The summed E-state index contributed by atoms with van der Waals surface area (Å²) in [4.78, 5) is 25.6. The van der Waals surface area contributed by atoms with Crippen molar-refractivity contribution in [1.82, 2.24) is 0 Å². The lowest BCUT2D eigenvalue weighted by Crippen LogP contribution is -2.58. The van der Waals surface area contributed by atoms with Crippen LogP contribution in [0.2, 0.25) is 18.1 Å². The van der Waals surface area contributed by atoms with Gasteiger partial charge in [0.15, 0.2) is 14.4 Å². The number of allylic oxidation sites excluding steroid dienone is 1. The molecule has 2 saturated carbocycles. The first kappa shape index (κ1) is 30.4. The fraction of sp³-hybridized carbons (Fsp3) is 0.871. The van der Waals surface area contributed by atoms with E-state index in [-0.39, 0.29) is 46.9 Å². The molecule has 0 N–H and O–H groups in total. The Morgan fingerprint density at radius 3 is 2.27 bits per heavy atom. The first-order valence-electron chi connectivity index (χ1n) is 14.5. The van der Waals surface area contributed by atoms with Crippen LogP contribution in [0, 0.1) is 34.0 Å². The molecule has 212 valence electrons. The van der Waals surface area contributed by atoms with Gasteiger partial charge in [0.25, 0.3) is 0 Å². The van der Waals surface area contributed by atoms with Gasteiger partial charge in [-0.25, -0.2) is 0 Å². The van der Waals surface area contributed by atoms with Gasteiger partial charge in [0.05, 0.1) is 12.5 Å². The van der Waals surface area contributed by atoms with Crippen LogP contribution in [0.1, 0.15) is 101 Å². The third-order valence-electron chi connectivity index (χ3n) is 11.0. The van der Waals surface area contributed by atoms with Gasteiger partial charge in [0, 0.05) is 6.92 Å². The van der Waals surface area contributed by atoms with Gasteiger partial charge in [-0.3, -0.25) is 9.59 Å². The highest BCUT2D eigenvalue weighted by Gasteiger charge is 2.62. The van der Waals surface area contributed by atoms with Gasteiger partial charge in [0.1, 0.15) is 6.61 Å². The SMILES string of the molecule is CC(=O)O[C@H](COC(=O)[C@H]1C(C)=CC[C@@H]2[C@]1(C)CCC1C(C)(C)CCC[C@]12C)CO[Si](C)(C)C(C)(C)C. The molecule has 0 heterocycles. The summed E-state index contributed by atoms with van der Waals surface area (Å²) in [6, 6.07) is 0. The van der Waals surface area contributed by atoms with Crippen molar-refractivity contribution in [3.63, 3.8) is 0 Å². The fourth-order valence-electron chi connectivity index (χ4n) is 8.09. The monoisotopic (exact) mass is 534 g/mol. The Morgan fingerprint density at radius 1 is 1.03 bits per heavy atom. The Bertz CT molecular complexity index is 900. The molecule has 2 fully saturated rings. The third kappa shape index (κ3) is 5.90. The summed E-state index contributed by atoms with van der Waals surface area (Å²) in [7, 11) is -2.03. The second-order valence-electron chi connectivity index (χ2n) is 15.0. The van der Waals surface area contributed by atoms with E-state index in [1.807, 2.05) is 0 Å². The van der Waals surface area contributed by atoms with E-state index in [4.69, 9.17) is 13.9 Å². The minimum Gasteiger partial charge on any atom is -0.461 e. The molecule has 0 amide bonds. The van der Waals surface area contributed by atoms with Gasteiger partial charge in [-0.05, 0) is 85.2 Å². The number of rotatable bonds is 7. The number of hydrogen-bond acceptors (Lipinski definition) is 5. The Labute approximate surface area is 227 Å². The standard InChI is InChI=1S/C31H54O5Si/c1-21-13-14-25-30(8)17-12-16-29(6,7)24(30)15-18-31(25,9)26(21)27(33)34-19-23(36-22(2)32)20-35-37(10,11)28(3,4)5/h13,23-26H,12,14-20H2,1-11H3/t23-,24?,25+,26-,30-,31+/m1/s1. The maximum absolute atomic E-state index is 13.8. The van der Waals surface area contributed by atoms with E-state index in [1.165, 1.54) is 32.6 Å². The lowest BCUT2D eigenvalue weighted by molar-refractivity contribution is -0.177. The van der Waals surface area contributed by atoms with Crippen LogP contribution in [0.5, 0.6) is 0 Å². The molecule has 6 atom stereocenters. The molecule has 1 unspecified atom stereocenters. The van der Waals surface area contributed by atoms with Crippen molar-refractivity contribution in [1.29, 1.82) is 0 Å². The minimum absolute atomic E-state index is 0.0322. The summed E-state index contributed by atoms with van der Waals surface area (Å²) < 4.78 is 17.8. The van der Waals surface area contributed by atoms with Crippen molar-refractivity contribution in [2.75, 3.05) is 13.2 Å². The first-order chi connectivity index (χ1) is 16.8. The van der Waals surface area contributed by atoms with Crippen molar-refractivity contribution >= 4 is 20.3 Å². The molecule has 0 aliphatic heterocycles. The minimum atomic E-state index is -2.03. The highest BCUT2D eigenvalue weighted by atomic mass is 28.4. The van der Waals surface area contributed by atoms with Crippen molar-refractivity contribution in [3.05, 3.63) is 11.6 Å². The van der Waals surface area contributed by atoms with Crippen LogP contribution < -0.4 is 0 Å². The lowest BCUT2D eigenvalue weighted by Gasteiger charge is -2.64. The highest BCUT2D eigenvalue weighted by molar-refractivity contribution is 6.74. The molecule has 0 aromatic heterocycles. The van der Waals surface area contributed by atoms with Gasteiger partial charge in [-0.2, -0.15) is 0 Å². The summed E-state index contributed by atoms with van der Waals surface area (Å²) in [6.45, 7) is 24.4. The fourth-order valence-corrected chi connectivity index (χ4v) is 9.13. The van der Waals surface area contributed by atoms with Crippen LogP contribution in [-0.2, 0) is 23.5 Å². The molecule has 0 spiro atoms. The summed E-state index contributed by atoms with van der Waals surface area (Å²) in [6.07, 6.45) is 8.78. The molecular weight excluding hydrogens is 480 g/mol. The molecule has 3 aliphatic carbocycles. The topological polar surface area (TPSA) is 61.8 Å². The van der Waals surface area contributed by atoms with Crippen molar-refractivity contribution < 1.29 is 23.5 Å². The van der Waals surface area contributed by atoms with Crippen LogP contribution in [0.3, 0.4) is 0 Å². The summed E-state index contributed by atoms with van der Waals surface area (Å²) >= 11 is 0. The van der Waals surface area contributed by atoms with Gasteiger partial charge < -0.3 is 13.9 Å². The molecule has 37 heavy (non-hydrogen) atoms. The lowest BCUT2D eigenvalue weighted by atomic mass is 9.40. The van der Waals surface area contributed by atoms with E-state index < -0.39 is 14.4 Å². The van der Waals surface area contributed by atoms with E-state index in [2.05, 4.69) is 74.6 Å². The largest absolute Gasteiger partial charge is 0.461 e. The van der Waals surface area contributed by atoms with Crippen molar-refractivity contribution in [2.24, 2.45) is 34.0 Å². The molecule has 0 radical (unpaired) electrons. The van der Waals surface area contributed by atoms with Gasteiger partial charge >= 0.3 is 11.9 Å². The van der Waals surface area contributed by atoms with Crippen LogP contribution in [0.25, 0.3) is 0 Å². The molecule has 0 aromatic rings. The smallest absolute Gasteiger partial charge is 0.313 e. The van der Waals surface area contributed by atoms with E-state index in [0.717, 1.165) is 18.4 Å². The van der Waals surface area contributed by atoms with Gasteiger partial charge in [-0.15, -0.1) is 0 Å². The number of fused-ring (bicyclic) bond motifs is 3. The molecule has 3 aliphatic rings. The Balaban J connectivity index is 1.77. The first-order valence-corrected chi connectivity index (χ1v) is 17.4. The zero-order valence-corrected chi connectivity index (χ0v) is 26.6. The van der Waals surface area contributed by atoms with Gasteiger partial charge in [0.2, 0.25) is 0 Å². The van der Waals surface area contributed by atoms with E-state index >= 15 is 0 Å². The van der Waals surface area contributed by atoms with Crippen LogP contribution in [0.4, 0.5) is 0 Å². The normalized spacial score (nSPS) is 34.5. The number of carbonyl (C=O) groups is 2. The summed E-state index contributed by atoms with van der Waals surface area (Å²) in [5.74, 6) is 0.338. The average molecular weight is 535 g/mol. The molecule has 0 saturated heterocycles. The maximum atomic E-state index is 13.8. The Hall–Kier alpha value is -1.14. The second-order valence-corrected chi connectivity index (χ2v) is 19.9. The molecule has 6 heteroatoms.